The first kappa shape index (κ1) is 26.6. The highest BCUT2D eigenvalue weighted by atomic mass is 32.2. The molecule has 0 spiro atoms. The molecule has 5 rings (SSSR count). The van der Waals surface area contributed by atoms with Crippen LogP contribution in [0.2, 0.25) is 0 Å². The second-order valence-corrected chi connectivity index (χ2v) is 11.5. The number of aliphatic hydroxyl groups excluding tert-OH is 1. The van der Waals surface area contributed by atoms with Gasteiger partial charge in [-0.3, -0.25) is 0 Å². The van der Waals surface area contributed by atoms with Crippen LogP contribution in [0.5, 0.6) is 0 Å². The van der Waals surface area contributed by atoms with E-state index in [-0.39, 0.29) is 30.8 Å². The average molecular weight is 550 g/mol. The maximum absolute atomic E-state index is 12.1. The molecule has 0 bridgehead atoms. The first-order chi connectivity index (χ1) is 18.5. The first-order valence-corrected chi connectivity index (χ1v) is 14.5. The molecular weight excluding hydrogens is 518 g/mol. The highest BCUT2D eigenvalue weighted by Crippen LogP contribution is 2.43. The summed E-state index contributed by atoms with van der Waals surface area (Å²) in [6.45, 7) is 4.57. The maximum atomic E-state index is 12.1. The summed E-state index contributed by atoms with van der Waals surface area (Å²) in [5.74, 6) is 0.799. The van der Waals surface area contributed by atoms with E-state index in [2.05, 4.69) is 23.6 Å². The van der Waals surface area contributed by atoms with Gasteiger partial charge in [-0.2, -0.15) is 0 Å². The second-order valence-electron chi connectivity index (χ2n) is 9.19. The summed E-state index contributed by atoms with van der Waals surface area (Å²) in [5, 5.41) is 15.1. The summed E-state index contributed by atoms with van der Waals surface area (Å²) in [4.78, 5) is 16.8. The number of urea groups is 1. The third kappa shape index (κ3) is 6.19. The number of thiazole rings is 1. The molecule has 1 saturated heterocycles. The predicted octanol–water partition coefficient (Wildman–Crippen LogP) is 6.51. The van der Waals surface area contributed by atoms with Crippen molar-refractivity contribution in [3.63, 3.8) is 0 Å². The summed E-state index contributed by atoms with van der Waals surface area (Å²) >= 11 is 3.39. The molecule has 198 valence electrons. The van der Waals surface area contributed by atoms with Crippen LogP contribution in [-0.4, -0.2) is 34.5 Å². The molecule has 0 unspecified atom stereocenters. The number of benzene rings is 3. The molecule has 7 nitrogen and oxygen atoms in total. The van der Waals surface area contributed by atoms with Gasteiger partial charge in [-0.05, 0) is 42.3 Å². The van der Waals surface area contributed by atoms with Gasteiger partial charge in [0.15, 0.2) is 10.6 Å². The number of ether oxygens (including phenoxy) is 2. The zero-order valence-corrected chi connectivity index (χ0v) is 22.9. The number of rotatable bonds is 8. The molecule has 38 heavy (non-hydrogen) atoms. The molecule has 1 aromatic heterocycles. The Bertz CT molecular complexity index is 1340. The summed E-state index contributed by atoms with van der Waals surface area (Å²) in [6, 6.07) is 23.4. The number of para-hydroxylation sites is 1. The van der Waals surface area contributed by atoms with Gasteiger partial charge in [0.2, 0.25) is 0 Å². The normalized spacial score (nSPS) is 21.3. The fourth-order valence-electron chi connectivity index (χ4n) is 4.47. The minimum absolute atomic E-state index is 0.0000729. The third-order valence-corrected chi connectivity index (χ3v) is 8.79. The fourth-order valence-corrected chi connectivity index (χ4v) is 6.73. The molecule has 2 amide bonds. The zero-order chi connectivity index (χ0) is 26.5. The van der Waals surface area contributed by atoms with Gasteiger partial charge in [0.1, 0.15) is 0 Å². The van der Waals surface area contributed by atoms with Crippen LogP contribution in [0.1, 0.15) is 42.9 Å². The Morgan fingerprint density at radius 1 is 1.05 bits per heavy atom. The number of hydrogen-bond donors (Lipinski definition) is 3. The number of carbonyl (C=O) groups excluding carboxylic acids is 1. The molecule has 0 saturated carbocycles. The van der Waals surface area contributed by atoms with E-state index in [0.29, 0.717) is 12.2 Å². The fraction of sp³-hybridized carbons (Fsp3) is 0.310. The minimum atomic E-state index is -0.606. The smallest absolute Gasteiger partial charge is 0.319 e. The highest BCUT2D eigenvalue weighted by molar-refractivity contribution is 8.01. The van der Waals surface area contributed by atoms with Gasteiger partial charge in [0.05, 0.1) is 29.0 Å². The van der Waals surface area contributed by atoms with Crippen LogP contribution in [-0.2, 0) is 16.1 Å². The molecule has 0 radical (unpaired) electrons. The summed E-state index contributed by atoms with van der Waals surface area (Å²) in [7, 11) is 0. The number of amides is 2. The van der Waals surface area contributed by atoms with Crippen LogP contribution >= 0.6 is 23.1 Å². The van der Waals surface area contributed by atoms with Gasteiger partial charge < -0.3 is 25.2 Å². The molecule has 1 fully saturated rings. The van der Waals surface area contributed by atoms with Crippen molar-refractivity contribution >= 4 is 45.0 Å². The van der Waals surface area contributed by atoms with E-state index >= 15 is 0 Å². The number of fused-ring (bicyclic) bond motifs is 1. The number of thioether (sulfide) groups is 1. The number of nitrogens with one attached hydrogen (secondary N) is 2. The Hall–Kier alpha value is -2.95. The summed E-state index contributed by atoms with van der Waals surface area (Å²) in [6.07, 6.45) is -0.915. The second kappa shape index (κ2) is 12.3. The van der Waals surface area contributed by atoms with E-state index in [1.807, 2.05) is 73.7 Å². The Morgan fingerprint density at radius 3 is 2.63 bits per heavy atom. The van der Waals surface area contributed by atoms with E-state index < -0.39 is 6.29 Å². The summed E-state index contributed by atoms with van der Waals surface area (Å²) < 4.78 is 15.3. The van der Waals surface area contributed by atoms with Gasteiger partial charge in [-0.15, -0.1) is 11.3 Å². The highest BCUT2D eigenvalue weighted by Gasteiger charge is 2.38. The van der Waals surface area contributed by atoms with E-state index in [4.69, 9.17) is 14.5 Å². The largest absolute Gasteiger partial charge is 0.392 e. The van der Waals surface area contributed by atoms with Crippen molar-refractivity contribution in [1.82, 2.24) is 10.3 Å². The van der Waals surface area contributed by atoms with Crippen LogP contribution in [0, 0.1) is 5.92 Å². The molecule has 0 aliphatic carbocycles. The molecule has 4 aromatic rings. The Morgan fingerprint density at radius 2 is 1.87 bits per heavy atom. The lowest BCUT2D eigenvalue weighted by Gasteiger charge is -2.41. The summed E-state index contributed by atoms with van der Waals surface area (Å²) in [5.41, 5.74) is 4.41. The Labute approximate surface area is 230 Å². The van der Waals surface area contributed by atoms with E-state index in [1.165, 1.54) is 4.70 Å². The minimum Gasteiger partial charge on any atom is -0.392 e. The molecular formula is C29H31N3O4S2. The standard InChI is InChI=1S/C29H31N3O4S2/c1-3-30-28(34)31-22-8-6-7-21(15-22)27-35-24(17-37-29-32-23-9-4-5-10-25(23)38-29)18(2)26(36-27)20-13-11-19(16-33)12-14-20/h4-15,18,24,26-27,33H,3,16-17H2,1-2H3,(H2,30,31,34)/t18-,24+,26+,27+/m1/s1. The van der Waals surface area contributed by atoms with Crippen molar-refractivity contribution in [3.8, 4) is 0 Å². The molecule has 9 heteroatoms. The number of aromatic nitrogens is 1. The molecule has 4 atom stereocenters. The maximum Gasteiger partial charge on any atom is 0.319 e. The lowest BCUT2D eigenvalue weighted by molar-refractivity contribution is -0.268. The van der Waals surface area contributed by atoms with E-state index in [1.54, 1.807) is 23.1 Å². The van der Waals surface area contributed by atoms with E-state index in [0.717, 1.165) is 32.3 Å². The van der Waals surface area contributed by atoms with Crippen molar-refractivity contribution in [1.29, 1.82) is 0 Å². The SMILES string of the molecule is CCNC(=O)Nc1cccc([C@H]2O[C@@H](CSc3nc4ccccc4s3)[C@@H](C)[C@@H](c3ccc(CO)cc3)O2)c1. The van der Waals surface area contributed by atoms with E-state index in [9.17, 15) is 9.90 Å². The Kier molecular flexibility index (Phi) is 8.61. The number of aliphatic hydroxyl groups is 1. The van der Waals surface area contributed by atoms with Gasteiger partial charge >= 0.3 is 6.03 Å². The number of nitrogens with zero attached hydrogens (tertiary/aromatic N) is 1. The van der Waals surface area contributed by atoms with Crippen LogP contribution < -0.4 is 10.6 Å². The van der Waals surface area contributed by atoms with Gasteiger partial charge in [-0.1, -0.05) is 67.2 Å². The lowest BCUT2D eigenvalue weighted by atomic mass is 9.91. The quantitative estimate of drug-likeness (QED) is 0.217. The van der Waals surface area contributed by atoms with Crippen LogP contribution in [0.4, 0.5) is 10.5 Å². The number of anilines is 1. The van der Waals surface area contributed by atoms with Gasteiger partial charge in [-0.25, -0.2) is 9.78 Å². The van der Waals surface area contributed by atoms with Crippen molar-refractivity contribution in [3.05, 3.63) is 89.5 Å². The average Bonchev–Trinajstić information content (AvgIpc) is 3.36. The van der Waals surface area contributed by atoms with Crippen molar-refractivity contribution in [2.24, 2.45) is 5.92 Å². The topological polar surface area (TPSA) is 92.7 Å². The van der Waals surface area contributed by atoms with Crippen LogP contribution in [0.3, 0.4) is 0 Å². The molecule has 1 aliphatic heterocycles. The van der Waals surface area contributed by atoms with Crippen molar-refractivity contribution in [2.75, 3.05) is 17.6 Å². The lowest BCUT2D eigenvalue weighted by Crippen LogP contribution is -2.38. The molecule has 1 aliphatic rings. The zero-order valence-electron chi connectivity index (χ0n) is 21.3. The van der Waals surface area contributed by atoms with Crippen molar-refractivity contribution in [2.45, 2.75) is 43.3 Å². The molecule has 2 heterocycles. The van der Waals surface area contributed by atoms with Gasteiger partial charge in [0, 0.05) is 29.5 Å². The third-order valence-electron chi connectivity index (χ3n) is 6.52. The number of hydrogen-bond acceptors (Lipinski definition) is 7. The number of carbonyl (C=O) groups is 1. The van der Waals surface area contributed by atoms with Crippen LogP contribution in [0.15, 0.2) is 77.1 Å². The van der Waals surface area contributed by atoms with Crippen LogP contribution in [0.25, 0.3) is 10.2 Å². The predicted molar refractivity (Wildman–Crippen MR) is 152 cm³/mol. The van der Waals surface area contributed by atoms with Crippen molar-refractivity contribution < 1.29 is 19.4 Å². The monoisotopic (exact) mass is 549 g/mol. The van der Waals surface area contributed by atoms with Gasteiger partial charge in [0.25, 0.3) is 0 Å². The molecule has 3 N–H and O–H groups in total. The molecule has 3 aromatic carbocycles. The first-order valence-electron chi connectivity index (χ1n) is 12.7. The Balaban J connectivity index is 1.39.